The van der Waals surface area contributed by atoms with E-state index in [1.54, 1.807) is 0 Å². The lowest BCUT2D eigenvalue weighted by Crippen LogP contribution is -2.58. The lowest BCUT2D eigenvalue weighted by atomic mass is 10.00. The molecule has 1 aromatic carbocycles. The van der Waals surface area contributed by atoms with Crippen LogP contribution in [-0.4, -0.2) is 54.1 Å². The van der Waals surface area contributed by atoms with E-state index >= 15 is 0 Å². The molecule has 1 N–H and O–H groups in total. The first-order valence-electron chi connectivity index (χ1n) is 8.60. The number of nitrogens with zero attached hydrogens (tertiary/aromatic N) is 1. The summed E-state index contributed by atoms with van der Waals surface area (Å²) < 4.78 is 6.37. The van der Waals surface area contributed by atoms with Crippen LogP contribution in [0, 0.1) is 0 Å². The highest BCUT2D eigenvalue weighted by Gasteiger charge is 2.48. The molecule has 1 amide bonds. The van der Waals surface area contributed by atoms with Crippen molar-refractivity contribution in [3.63, 3.8) is 0 Å². The number of likely N-dealkylation sites (N-methyl/N-ethyl adjacent to an activating group) is 1. The van der Waals surface area contributed by atoms with Gasteiger partial charge in [-0.25, -0.2) is 4.79 Å². The maximum Gasteiger partial charge on any atom is 0.344 e. The number of hydrogen-bond donors (Lipinski definition) is 1. The minimum Gasteiger partial charge on any atom is -0.343 e. The van der Waals surface area contributed by atoms with Crippen LogP contribution in [0.4, 0.5) is 0 Å². The summed E-state index contributed by atoms with van der Waals surface area (Å²) in [7, 11) is 0. The van der Waals surface area contributed by atoms with Crippen LogP contribution in [0.1, 0.15) is 31.9 Å². The first-order valence-corrected chi connectivity index (χ1v) is 9.67. The van der Waals surface area contributed by atoms with Gasteiger partial charge in [0.1, 0.15) is 6.23 Å². The van der Waals surface area contributed by atoms with Crippen molar-refractivity contribution < 1.29 is 14.0 Å². The molecular formula is C18H27Cl2N2O2+. The zero-order valence-electron chi connectivity index (χ0n) is 14.4. The number of alkyl halides is 2. The summed E-state index contributed by atoms with van der Waals surface area (Å²) in [4.78, 5) is 13.4. The predicted molar refractivity (Wildman–Crippen MR) is 98.3 cm³/mol. The van der Waals surface area contributed by atoms with Gasteiger partial charge in [0.25, 0.3) is 0 Å². The molecule has 0 aliphatic carbocycles. The first kappa shape index (κ1) is 19.7. The van der Waals surface area contributed by atoms with Crippen molar-refractivity contribution in [2.75, 3.05) is 31.4 Å². The number of ether oxygens (including phenoxy) is 1. The Labute approximate surface area is 154 Å². The number of hydrogen-bond acceptors (Lipinski definition) is 3. The van der Waals surface area contributed by atoms with E-state index in [0.29, 0.717) is 16.2 Å². The Morgan fingerprint density at radius 2 is 1.88 bits per heavy atom. The van der Waals surface area contributed by atoms with Crippen LogP contribution in [0.5, 0.6) is 0 Å². The molecule has 1 saturated heterocycles. The van der Waals surface area contributed by atoms with E-state index < -0.39 is 6.10 Å². The van der Waals surface area contributed by atoms with Gasteiger partial charge in [-0.1, -0.05) is 30.3 Å². The normalized spacial score (nSPS) is 24.2. The lowest BCUT2D eigenvalue weighted by molar-refractivity contribution is -0.852. The molecule has 4 nitrogen and oxygen atoms in total. The molecule has 2 rings (SSSR count). The third kappa shape index (κ3) is 4.12. The Balaban J connectivity index is 2.29. The van der Waals surface area contributed by atoms with E-state index in [9.17, 15) is 4.79 Å². The fourth-order valence-corrected chi connectivity index (χ4v) is 3.67. The lowest BCUT2D eigenvalue weighted by Gasteiger charge is -2.36. The van der Waals surface area contributed by atoms with Gasteiger partial charge in [0.05, 0.1) is 31.6 Å². The molecule has 0 aromatic heterocycles. The summed E-state index contributed by atoms with van der Waals surface area (Å²) >= 11 is 11.8. The summed E-state index contributed by atoms with van der Waals surface area (Å²) in [6.45, 7) is 6.31. The summed E-state index contributed by atoms with van der Waals surface area (Å²) in [5, 5.41) is 3.35. The predicted octanol–water partition coefficient (Wildman–Crippen LogP) is 3.29. The molecule has 6 heteroatoms. The average molecular weight is 374 g/mol. The molecule has 3 atom stereocenters. The van der Waals surface area contributed by atoms with Crippen molar-refractivity contribution in [2.24, 2.45) is 0 Å². The van der Waals surface area contributed by atoms with E-state index in [1.807, 2.05) is 30.3 Å². The summed E-state index contributed by atoms with van der Waals surface area (Å²) in [5.74, 6) is 0.982. The van der Waals surface area contributed by atoms with Crippen LogP contribution in [0.3, 0.4) is 0 Å². The van der Waals surface area contributed by atoms with Gasteiger partial charge in [-0.2, -0.15) is 0 Å². The topological polar surface area (TPSA) is 38.3 Å². The highest BCUT2D eigenvalue weighted by Crippen LogP contribution is 2.30. The molecule has 1 aliphatic rings. The molecule has 1 unspecified atom stereocenters. The van der Waals surface area contributed by atoms with Gasteiger partial charge in [-0.05, 0) is 19.4 Å². The monoisotopic (exact) mass is 373 g/mol. The van der Waals surface area contributed by atoms with Crippen molar-refractivity contribution >= 4 is 29.1 Å². The second kappa shape index (κ2) is 9.16. The van der Waals surface area contributed by atoms with E-state index in [-0.39, 0.29) is 18.2 Å². The van der Waals surface area contributed by atoms with Crippen molar-refractivity contribution in [3.05, 3.63) is 35.9 Å². The van der Waals surface area contributed by atoms with Crippen LogP contribution in [0.2, 0.25) is 0 Å². The third-order valence-corrected chi connectivity index (χ3v) is 5.47. The highest BCUT2D eigenvalue weighted by atomic mass is 35.5. The smallest absolute Gasteiger partial charge is 0.343 e. The van der Waals surface area contributed by atoms with Gasteiger partial charge in [0, 0.05) is 12.3 Å². The zero-order valence-corrected chi connectivity index (χ0v) is 15.9. The highest BCUT2D eigenvalue weighted by molar-refractivity contribution is 6.18. The largest absolute Gasteiger partial charge is 0.344 e. The standard InChI is InChI=1S/C18H27Cl2N2O2/c1-3-22(4-2,12-8-11-19)18(23)17-16(21-15(13-20)24-17)14-9-6-5-7-10-14/h5-7,9-10,15-17,21H,3-4,8,11-13H2,1-2H3/q+1/t15?,16-,17+/m0/s1. The number of benzene rings is 1. The van der Waals surface area contributed by atoms with Gasteiger partial charge >= 0.3 is 5.91 Å². The molecule has 134 valence electrons. The van der Waals surface area contributed by atoms with Gasteiger partial charge in [-0.15, -0.1) is 23.2 Å². The molecule has 1 aromatic rings. The zero-order chi connectivity index (χ0) is 17.6. The second-order valence-electron chi connectivity index (χ2n) is 6.14. The number of carbonyl (C=O) groups is 1. The third-order valence-electron chi connectivity index (χ3n) is 4.92. The summed E-state index contributed by atoms with van der Waals surface area (Å²) in [5.41, 5.74) is 1.05. The molecular weight excluding hydrogens is 347 g/mol. The summed E-state index contributed by atoms with van der Waals surface area (Å²) in [6.07, 6.45) is -0.0369. The molecule has 0 spiro atoms. The van der Waals surface area contributed by atoms with E-state index in [0.717, 1.165) is 31.6 Å². The molecule has 0 saturated carbocycles. The minimum atomic E-state index is -0.536. The molecule has 1 heterocycles. The van der Waals surface area contributed by atoms with Crippen LogP contribution >= 0.6 is 23.2 Å². The Bertz CT molecular complexity index is 523. The van der Waals surface area contributed by atoms with Crippen molar-refractivity contribution in [1.29, 1.82) is 0 Å². The van der Waals surface area contributed by atoms with Gasteiger partial charge in [0.15, 0.2) is 6.10 Å². The number of quaternary nitrogens is 1. The number of halogens is 2. The molecule has 24 heavy (non-hydrogen) atoms. The van der Waals surface area contributed by atoms with E-state index in [4.69, 9.17) is 27.9 Å². The van der Waals surface area contributed by atoms with Crippen LogP contribution in [0.25, 0.3) is 0 Å². The van der Waals surface area contributed by atoms with Crippen LogP contribution in [-0.2, 0) is 9.53 Å². The Hall–Kier alpha value is -0.650. The number of rotatable bonds is 8. The SMILES string of the molecule is CC[N+](CC)(CCCCl)C(=O)[C@@H]1OC(CCl)N[C@H]1c1ccccc1. The van der Waals surface area contributed by atoms with Crippen molar-refractivity contribution in [2.45, 2.75) is 38.6 Å². The van der Waals surface area contributed by atoms with Crippen LogP contribution in [0.15, 0.2) is 30.3 Å². The van der Waals surface area contributed by atoms with Crippen molar-refractivity contribution in [3.8, 4) is 0 Å². The number of carbonyl (C=O) groups excluding carboxylic acids is 1. The Morgan fingerprint density at radius 1 is 1.21 bits per heavy atom. The quantitative estimate of drug-likeness (QED) is 0.561. The molecule has 0 radical (unpaired) electrons. The van der Waals surface area contributed by atoms with Gasteiger partial charge in [-0.3, -0.25) is 9.80 Å². The maximum atomic E-state index is 13.4. The molecule has 0 bridgehead atoms. The Morgan fingerprint density at radius 3 is 2.42 bits per heavy atom. The van der Waals surface area contributed by atoms with E-state index in [2.05, 4.69) is 19.2 Å². The maximum absolute atomic E-state index is 13.4. The molecule has 1 fully saturated rings. The number of amides is 1. The fraction of sp³-hybridized carbons (Fsp3) is 0.611. The minimum absolute atomic E-state index is 0.110. The average Bonchev–Trinajstić information content (AvgIpc) is 3.08. The summed E-state index contributed by atoms with van der Waals surface area (Å²) in [6, 6.07) is 9.78. The van der Waals surface area contributed by atoms with Gasteiger partial charge < -0.3 is 4.74 Å². The number of nitrogens with one attached hydrogen (secondary N) is 1. The fourth-order valence-electron chi connectivity index (χ4n) is 3.39. The van der Waals surface area contributed by atoms with E-state index in [1.165, 1.54) is 0 Å². The molecule has 1 aliphatic heterocycles. The first-order chi connectivity index (χ1) is 11.6. The second-order valence-corrected chi connectivity index (χ2v) is 6.82. The van der Waals surface area contributed by atoms with Crippen molar-refractivity contribution in [1.82, 2.24) is 5.32 Å². The Kier molecular flexibility index (Phi) is 7.51. The van der Waals surface area contributed by atoms with Gasteiger partial charge in [0.2, 0.25) is 0 Å². The van der Waals surface area contributed by atoms with Crippen LogP contribution < -0.4 is 5.32 Å².